The quantitative estimate of drug-likeness (QED) is 0.443. The van der Waals surface area contributed by atoms with Gasteiger partial charge in [0.2, 0.25) is 0 Å². The molecule has 0 aromatic carbocycles. The van der Waals surface area contributed by atoms with Gasteiger partial charge in [-0.2, -0.15) is 19.1 Å². The molecule has 2 N–H and O–H groups in total. The van der Waals surface area contributed by atoms with Gasteiger partial charge in [-0.1, -0.05) is 6.58 Å². The lowest BCUT2D eigenvalue weighted by atomic mass is 10.3. The summed E-state index contributed by atoms with van der Waals surface area (Å²) in [6.07, 6.45) is -4.77. The molecule has 0 aliphatic rings. The number of rotatable bonds is 1. The summed E-state index contributed by atoms with van der Waals surface area (Å²) in [5, 5.41) is 0. The molecule has 10 heavy (non-hydrogen) atoms. The number of hydrogen-bond donors (Lipinski definition) is 1. The van der Waals surface area contributed by atoms with E-state index < -0.39 is 17.7 Å². The maximum atomic E-state index is 11.4. The first-order valence-corrected chi connectivity index (χ1v) is 2.06. The molecule has 0 bridgehead atoms. The van der Waals surface area contributed by atoms with E-state index in [2.05, 4.69) is 17.3 Å². The molecule has 6 heteroatoms. The molecule has 0 aliphatic carbocycles. The molecule has 0 fully saturated rings. The summed E-state index contributed by atoms with van der Waals surface area (Å²) in [4.78, 5) is 13.3. The summed E-state index contributed by atoms with van der Waals surface area (Å²) >= 11 is 0. The van der Waals surface area contributed by atoms with E-state index >= 15 is 0 Å². The fourth-order valence-electron chi connectivity index (χ4n) is 0.187. The molecule has 0 saturated carbocycles. The van der Waals surface area contributed by atoms with Crippen LogP contribution >= 0.6 is 0 Å². The third-order valence-corrected chi connectivity index (χ3v) is 0.696. The van der Waals surface area contributed by atoms with Crippen molar-refractivity contribution in [2.24, 2.45) is 5.90 Å². The summed E-state index contributed by atoms with van der Waals surface area (Å²) in [5.74, 6) is 2.49. The fraction of sp³-hybridized carbons (Fsp3) is 0.250. The summed E-state index contributed by atoms with van der Waals surface area (Å²) in [5.41, 5.74) is -1.62. The van der Waals surface area contributed by atoms with E-state index in [4.69, 9.17) is 0 Å². The summed E-state index contributed by atoms with van der Waals surface area (Å²) in [6, 6.07) is 0. The zero-order chi connectivity index (χ0) is 8.36. The second-order valence-corrected chi connectivity index (χ2v) is 1.38. The van der Waals surface area contributed by atoms with Gasteiger partial charge in [0.1, 0.15) is 5.57 Å². The van der Waals surface area contributed by atoms with Crippen LogP contribution in [0, 0.1) is 0 Å². The molecule has 0 aromatic heterocycles. The first-order chi connectivity index (χ1) is 4.39. The zero-order valence-corrected chi connectivity index (χ0v) is 4.73. The summed E-state index contributed by atoms with van der Waals surface area (Å²) in [7, 11) is 0. The highest BCUT2D eigenvalue weighted by atomic mass is 19.4. The molecule has 3 nitrogen and oxygen atoms in total. The van der Waals surface area contributed by atoms with Gasteiger partial charge in [0, 0.05) is 0 Å². The maximum Gasteiger partial charge on any atom is 0.422 e. The van der Waals surface area contributed by atoms with Gasteiger partial charge < -0.3 is 4.84 Å². The Labute approximate surface area is 54.2 Å². The number of nitrogens with two attached hydrogens (primary N) is 1. The van der Waals surface area contributed by atoms with Crippen molar-refractivity contribution in [1.29, 1.82) is 0 Å². The monoisotopic (exact) mass is 155 g/mol. The second-order valence-electron chi connectivity index (χ2n) is 1.38. The Morgan fingerprint density at radius 2 is 1.90 bits per heavy atom. The standard InChI is InChI=1S/C4H4F3NO2/c1-2(3(9)10-8)4(5,6)7/h1,8H2. The van der Waals surface area contributed by atoms with E-state index in [1.54, 1.807) is 0 Å². The van der Waals surface area contributed by atoms with Crippen LogP contribution in [-0.4, -0.2) is 12.1 Å². The highest BCUT2D eigenvalue weighted by Gasteiger charge is 2.37. The Balaban J connectivity index is 4.24. The van der Waals surface area contributed by atoms with Crippen LogP contribution in [0.1, 0.15) is 0 Å². The first-order valence-electron chi connectivity index (χ1n) is 2.06. The predicted octanol–water partition coefficient (Wildman–Crippen LogP) is 0.522. The van der Waals surface area contributed by atoms with Gasteiger partial charge in [-0.15, -0.1) is 0 Å². The van der Waals surface area contributed by atoms with E-state index in [0.717, 1.165) is 0 Å². The van der Waals surface area contributed by atoms with E-state index in [0.29, 0.717) is 0 Å². The number of alkyl halides is 3. The molecule has 0 aromatic rings. The minimum absolute atomic E-state index is 1.62. The van der Waals surface area contributed by atoms with Crippen molar-refractivity contribution >= 4 is 5.97 Å². The van der Waals surface area contributed by atoms with Crippen LogP contribution in [0.5, 0.6) is 0 Å². The largest absolute Gasteiger partial charge is 0.422 e. The summed E-state index contributed by atoms with van der Waals surface area (Å²) in [6.45, 7) is 2.42. The number of carbonyl (C=O) groups excluding carboxylic acids is 1. The predicted molar refractivity (Wildman–Crippen MR) is 25.5 cm³/mol. The number of hydrogen-bond acceptors (Lipinski definition) is 3. The van der Waals surface area contributed by atoms with Crippen LogP contribution in [0.2, 0.25) is 0 Å². The smallest absolute Gasteiger partial charge is 0.370 e. The Bertz CT molecular complexity index is 162. The van der Waals surface area contributed by atoms with Crippen LogP contribution in [-0.2, 0) is 9.63 Å². The lowest BCUT2D eigenvalue weighted by Gasteiger charge is -2.05. The van der Waals surface area contributed by atoms with Crippen molar-refractivity contribution < 1.29 is 22.8 Å². The molecule has 58 valence electrons. The minimum atomic E-state index is -4.77. The molecular formula is C4H4F3NO2. The van der Waals surface area contributed by atoms with E-state index in [1.165, 1.54) is 0 Å². The molecule has 0 saturated heterocycles. The number of halogens is 3. The average molecular weight is 155 g/mol. The molecule has 0 heterocycles. The first kappa shape index (κ1) is 8.96. The fourth-order valence-corrected chi connectivity index (χ4v) is 0.187. The molecule has 0 amide bonds. The van der Waals surface area contributed by atoms with Gasteiger partial charge in [-0.3, -0.25) is 0 Å². The van der Waals surface area contributed by atoms with Gasteiger partial charge >= 0.3 is 12.1 Å². The molecule has 0 unspecified atom stereocenters. The second kappa shape index (κ2) is 2.70. The van der Waals surface area contributed by atoms with E-state index in [1.807, 2.05) is 0 Å². The Kier molecular flexibility index (Phi) is 2.42. The van der Waals surface area contributed by atoms with Gasteiger partial charge in [-0.05, 0) is 0 Å². The van der Waals surface area contributed by atoms with Crippen LogP contribution in [0.15, 0.2) is 12.2 Å². The number of carbonyl (C=O) groups is 1. The van der Waals surface area contributed by atoms with Gasteiger partial charge in [-0.25, -0.2) is 4.79 Å². The molecule has 0 spiro atoms. The summed E-state index contributed by atoms with van der Waals surface area (Å²) < 4.78 is 34.3. The SMILES string of the molecule is C=C(C(=O)ON)C(F)(F)F. The lowest BCUT2D eigenvalue weighted by Crippen LogP contribution is -2.23. The molecule has 0 radical (unpaired) electrons. The van der Waals surface area contributed by atoms with Crippen molar-refractivity contribution in [1.82, 2.24) is 0 Å². The topological polar surface area (TPSA) is 52.3 Å². The average Bonchev–Trinajstić information content (AvgIpc) is 1.83. The highest BCUT2D eigenvalue weighted by Crippen LogP contribution is 2.24. The molecule has 0 aliphatic heterocycles. The molecular weight excluding hydrogens is 151 g/mol. The van der Waals surface area contributed by atoms with E-state index in [9.17, 15) is 18.0 Å². The van der Waals surface area contributed by atoms with Crippen molar-refractivity contribution in [3.05, 3.63) is 12.2 Å². The van der Waals surface area contributed by atoms with Crippen LogP contribution in [0.4, 0.5) is 13.2 Å². The molecule has 0 rings (SSSR count). The van der Waals surface area contributed by atoms with Crippen LogP contribution in [0.25, 0.3) is 0 Å². The Morgan fingerprint density at radius 1 is 1.50 bits per heavy atom. The van der Waals surface area contributed by atoms with Crippen molar-refractivity contribution in [3.8, 4) is 0 Å². The van der Waals surface area contributed by atoms with Crippen molar-refractivity contribution in [2.45, 2.75) is 6.18 Å². The minimum Gasteiger partial charge on any atom is -0.370 e. The Morgan fingerprint density at radius 3 is 2.00 bits per heavy atom. The van der Waals surface area contributed by atoms with Crippen LogP contribution in [0.3, 0.4) is 0 Å². The van der Waals surface area contributed by atoms with E-state index in [-0.39, 0.29) is 0 Å². The third-order valence-electron chi connectivity index (χ3n) is 0.696. The normalized spacial score (nSPS) is 10.8. The molecule has 0 atom stereocenters. The lowest BCUT2D eigenvalue weighted by molar-refractivity contribution is -0.151. The van der Waals surface area contributed by atoms with Crippen molar-refractivity contribution in [2.75, 3.05) is 0 Å². The Hall–Kier alpha value is -1.04. The van der Waals surface area contributed by atoms with Crippen molar-refractivity contribution in [3.63, 3.8) is 0 Å². The maximum absolute atomic E-state index is 11.4. The third kappa shape index (κ3) is 2.06. The van der Waals surface area contributed by atoms with Gasteiger partial charge in [0.25, 0.3) is 0 Å². The van der Waals surface area contributed by atoms with Gasteiger partial charge in [0.05, 0.1) is 0 Å². The zero-order valence-electron chi connectivity index (χ0n) is 4.73. The van der Waals surface area contributed by atoms with Gasteiger partial charge in [0.15, 0.2) is 0 Å². The van der Waals surface area contributed by atoms with Crippen LogP contribution < -0.4 is 5.90 Å². The highest BCUT2D eigenvalue weighted by molar-refractivity contribution is 5.88.